The average molecular weight is 357 g/mol. The Balaban J connectivity index is 1.94. The first-order chi connectivity index (χ1) is 9.95. The van der Waals surface area contributed by atoms with E-state index in [1.54, 1.807) is 0 Å². The van der Waals surface area contributed by atoms with Crippen LogP contribution in [0.2, 0.25) is 0 Å². The number of carbonyl (C=O) groups excluding carboxylic acids is 1. The van der Waals surface area contributed by atoms with Gasteiger partial charge in [0.25, 0.3) is 5.91 Å². The number of halogens is 3. The molecule has 2 aromatic rings. The van der Waals surface area contributed by atoms with Crippen LogP contribution in [0.5, 0.6) is 5.75 Å². The topological polar surface area (TPSA) is 64.3 Å². The lowest BCUT2D eigenvalue weighted by atomic mass is 10.2. The fourth-order valence-corrected chi connectivity index (χ4v) is 1.91. The molecule has 21 heavy (non-hydrogen) atoms. The van der Waals surface area contributed by atoms with E-state index in [1.165, 1.54) is 30.3 Å². The molecule has 110 valence electrons. The van der Waals surface area contributed by atoms with Crippen LogP contribution in [0.3, 0.4) is 0 Å². The van der Waals surface area contributed by atoms with Crippen LogP contribution < -0.4 is 15.8 Å². The van der Waals surface area contributed by atoms with Crippen molar-refractivity contribution in [2.24, 2.45) is 0 Å². The predicted molar refractivity (Wildman–Crippen MR) is 79.0 cm³/mol. The van der Waals surface area contributed by atoms with Crippen LogP contribution in [0.4, 0.5) is 20.2 Å². The van der Waals surface area contributed by atoms with E-state index in [1.807, 2.05) is 0 Å². The fourth-order valence-electron chi connectivity index (χ4n) is 1.55. The van der Waals surface area contributed by atoms with Crippen molar-refractivity contribution >= 4 is 33.2 Å². The highest BCUT2D eigenvalue weighted by molar-refractivity contribution is 9.10. The number of nitrogens with two attached hydrogens (primary N) is 1. The van der Waals surface area contributed by atoms with Crippen molar-refractivity contribution in [3.63, 3.8) is 0 Å². The molecule has 0 radical (unpaired) electrons. The highest BCUT2D eigenvalue weighted by Gasteiger charge is 2.08. The molecular formula is C14H11BrF2N2O2. The van der Waals surface area contributed by atoms with E-state index >= 15 is 0 Å². The summed E-state index contributed by atoms with van der Waals surface area (Å²) in [5.41, 5.74) is 5.99. The summed E-state index contributed by atoms with van der Waals surface area (Å²) in [6.07, 6.45) is 0. The molecule has 0 unspecified atom stereocenters. The molecule has 0 saturated carbocycles. The second-order valence-corrected chi connectivity index (χ2v) is 5.00. The molecule has 7 heteroatoms. The molecule has 2 aromatic carbocycles. The van der Waals surface area contributed by atoms with Gasteiger partial charge in [0.15, 0.2) is 6.61 Å². The van der Waals surface area contributed by atoms with Crippen LogP contribution in [0.25, 0.3) is 0 Å². The highest BCUT2D eigenvalue weighted by Crippen LogP contribution is 2.22. The van der Waals surface area contributed by atoms with Gasteiger partial charge in [0.1, 0.15) is 17.4 Å². The Labute approximate surface area is 128 Å². The van der Waals surface area contributed by atoms with Crippen molar-refractivity contribution < 1.29 is 18.3 Å². The summed E-state index contributed by atoms with van der Waals surface area (Å²) in [6, 6.07) is 7.68. The maximum Gasteiger partial charge on any atom is 0.262 e. The van der Waals surface area contributed by atoms with E-state index < -0.39 is 17.5 Å². The number of anilines is 2. The number of benzene rings is 2. The van der Waals surface area contributed by atoms with Gasteiger partial charge in [-0.25, -0.2) is 8.78 Å². The van der Waals surface area contributed by atoms with Gasteiger partial charge in [-0.1, -0.05) is 0 Å². The van der Waals surface area contributed by atoms with Crippen molar-refractivity contribution in [1.29, 1.82) is 0 Å². The Hall–Kier alpha value is -2.15. The van der Waals surface area contributed by atoms with E-state index in [0.717, 1.165) is 6.07 Å². The number of hydrogen-bond donors (Lipinski definition) is 2. The van der Waals surface area contributed by atoms with Crippen molar-refractivity contribution in [1.82, 2.24) is 0 Å². The zero-order valence-electron chi connectivity index (χ0n) is 10.7. The third kappa shape index (κ3) is 4.16. The molecule has 0 aliphatic heterocycles. The van der Waals surface area contributed by atoms with Gasteiger partial charge in [-0.2, -0.15) is 0 Å². The first-order valence-electron chi connectivity index (χ1n) is 5.88. The van der Waals surface area contributed by atoms with E-state index in [4.69, 9.17) is 10.5 Å². The maximum absolute atomic E-state index is 13.0. The Kier molecular flexibility index (Phi) is 4.74. The Bertz CT molecular complexity index is 680. The summed E-state index contributed by atoms with van der Waals surface area (Å²) in [7, 11) is 0. The number of ether oxygens (including phenoxy) is 1. The van der Waals surface area contributed by atoms with Crippen LogP contribution in [0.1, 0.15) is 0 Å². The molecule has 0 aliphatic rings. The zero-order chi connectivity index (χ0) is 15.4. The van der Waals surface area contributed by atoms with E-state index in [9.17, 15) is 13.6 Å². The number of nitrogen functional groups attached to an aromatic ring is 1. The van der Waals surface area contributed by atoms with Gasteiger partial charge in [-0.05, 0) is 52.3 Å². The SMILES string of the molecule is Nc1cc(F)ccc1NC(=O)COc1ccc(F)c(Br)c1. The van der Waals surface area contributed by atoms with Crippen molar-refractivity contribution in [2.45, 2.75) is 0 Å². The predicted octanol–water partition coefficient (Wildman–Crippen LogP) is 3.33. The molecule has 0 atom stereocenters. The molecule has 0 bridgehead atoms. The third-order valence-corrected chi connectivity index (χ3v) is 3.16. The minimum atomic E-state index is -0.488. The molecule has 0 aliphatic carbocycles. The molecule has 0 spiro atoms. The van der Waals surface area contributed by atoms with E-state index in [0.29, 0.717) is 11.4 Å². The zero-order valence-corrected chi connectivity index (χ0v) is 12.3. The number of rotatable bonds is 4. The highest BCUT2D eigenvalue weighted by atomic mass is 79.9. The van der Waals surface area contributed by atoms with Gasteiger partial charge in [0, 0.05) is 0 Å². The summed E-state index contributed by atoms with van der Waals surface area (Å²) in [4.78, 5) is 11.7. The van der Waals surface area contributed by atoms with Crippen LogP contribution in [-0.2, 0) is 4.79 Å². The van der Waals surface area contributed by atoms with Crippen LogP contribution in [-0.4, -0.2) is 12.5 Å². The molecule has 4 nitrogen and oxygen atoms in total. The van der Waals surface area contributed by atoms with Crippen molar-refractivity contribution in [3.8, 4) is 5.75 Å². The second kappa shape index (κ2) is 6.53. The summed E-state index contributed by atoms with van der Waals surface area (Å²) >= 11 is 3.02. The van der Waals surface area contributed by atoms with Gasteiger partial charge >= 0.3 is 0 Å². The Morgan fingerprint density at radius 2 is 2.00 bits per heavy atom. The van der Waals surface area contributed by atoms with Gasteiger partial charge in [-0.15, -0.1) is 0 Å². The largest absolute Gasteiger partial charge is 0.484 e. The standard InChI is InChI=1S/C14H11BrF2N2O2/c15-10-6-9(2-3-11(10)17)21-7-14(20)19-13-4-1-8(16)5-12(13)18/h1-6H,7,18H2,(H,19,20). The van der Waals surface area contributed by atoms with E-state index in [-0.39, 0.29) is 16.8 Å². The average Bonchev–Trinajstić information content (AvgIpc) is 2.43. The molecule has 3 N–H and O–H groups in total. The number of hydrogen-bond acceptors (Lipinski definition) is 3. The quantitative estimate of drug-likeness (QED) is 0.825. The molecule has 0 heterocycles. The summed E-state index contributed by atoms with van der Waals surface area (Å²) in [5, 5.41) is 2.49. The monoisotopic (exact) mass is 356 g/mol. The number of carbonyl (C=O) groups is 1. The van der Waals surface area contributed by atoms with Gasteiger partial charge in [-0.3, -0.25) is 4.79 Å². The van der Waals surface area contributed by atoms with E-state index in [2.05, 4.69) is 21.2 Å². The van der Waals surface area contributed by atoms with Crippen molar-refractivity contribution in [2.75, 3.05) is 17.7 Å². The van der Waals surface area contributed by atoms with Crippen LogP contribution in [0.15, 0.2) is 40.9 Å². The Morgan fingerprint density at radius 3 is 2.67 bits per heavy atom. The summed E-state index contributed by atoms with van der Waals surface area (Å²) in [5.74, 6) is -1.04. The summed E-state index contributed by atoms with van der Waals surface area (Å²) < 4.78 is 31.4. The normalized spacial score (nSPS) is 10.2. The van der Waals surface area contributed by atoms with Crippen LogP contribution in [0, 0.1) is 11.6 Å². The first-order valence-corrected chi connectivity index (χ1v) is 6.68. The van der Waals surface area contributed by atoms with Crippen molar-refractivity contribution in [3.05, 3.63) is 52.5 Å². The number of nitrogens with one attached hydrogen (secondary N) is 1. The third-order valence-electron chi connectivity index (χ3n) is 2.55. The number of amides is 1. The Morgan fingerprint density at radius 1 is 1.24 bits per heavy atom. The van der Waals surface area contributed by atoms with Crippen LogP contribution >= 0.6 is 15.9 Å². The minimum Gasteiger partial charge on any atom is -0.484 e. The maximum atomic E-state index is 13.0. The smallest absolute Gasteiger partial charge is 0.262 e. The molecule has 0 saturated heterocycles. The lowest BCUT2D eigenvalue weighted by Crippen LogP contribution is -2.20. The van der Waals surface area contributed by atoms with Gasteiger partial charge < -0.3 is 15.8 Å². The first kappa shape index (κ1) is 15.2. The molecule has 0 aromatic heterocycles. The summed E-state index contributed by atoms with van der Waals surface area (Å²) in [6.45, 7) is -0.283. The van der Waals surface area contributed by atoms with Gasteiger partial charge in [0.05, 0.1) is 15.8 Å². The molecular weight excluding hydrogens is 346 g/mol. The second-order valence-electron chi connectivity index (χ2n) is 4.14. The lowest BCUT2D eigenvalue weighted by Gasteiger charge is -2.09. The minimum absolute atomic E-state index is 0.118. The lowest BCUT2D eigenvalue weighted by molar-refractivity contribution is -0.118. The molecule has 0 fully saturated rings. The molecule has 1 amide bonds. The van der Waals surface area contributed by atoms with Gasteiger partial charge in [0.2, 0.25) is 0 Å². The molecule has 2 rings (SSSR count). The fraction of sp³-hybridized carbons (Fsp3) is 0.0714.